The molecule has 1 unspecified atom stereocenters. The number of amides is 3. The summed E-state index contributed by atoms with van der Waals surface area (Å²) in [6.45, 7) is 0. The summed E-state index contributed by atoms with van der Waals surface area (Å²) in [6, 6.07) is 5.14. The fraction of sp³-hybridized carbons (Fsp3) is 0.312. The molecule has 0 radical (unpaired) electrons. The van der Waals surface area contributed by atoms with E-state index in [0.29, 0.717) is 10.1 Å². The molecule has 1 atom stereocenters. The third-order valence-electron chi connectivity index (χ3n) is 3.83. The zero-order valence-electron chi connectivity index (χ0n) is 13.4. The highest BCUT2D eigenvalue weighted by atomic mass is 16.7. The second-order valence-electron chi connectivity index (χ2n) is 5.66. The van der Waals surface area contributed by atoms with Crippen LogP contribution < -0.4 is 0 Å². The Kier molecular flexibility index (Phi) is 4.67. The zero-order chi connectivity index (χ0) is 18.8. The van der Waals surface area contributed by atoms with Gasteiger partial charge >= 0.3 is 11.9 Å². The molecular formula is C16H14N2O8. The van der Waals surface area contributed by atoms with E-state index in [2.05, 4.69) is 0 Å². The quantitative estimate of drug-likeness (QED) is 0.736. The van der Waals surface area contributed by atoms with Gasteiger partial charge in [0, 0.05) is 25.7 Å². The fourth-order valence-electron chi connectivity index (χ4n) is 2.47. The summed E-state index contributed by atoms with van der Waals surface area (Å²) < 4.78 is 0. The standard InChI is InChI=1S/C16H14N2O8/c19-11-4-5-12(20)17(11)25-15(23)9-2-1-3-10(8-9)16(24)26-18-13(21)6-7-14(18)22/h1-3,8,11,19H,4-7H2. The highest BCUT2D eigenvalue weighted by Crippen LogP contribution is 2.19. The van der Waals surface area contributed by atoms with Gasteiger partial charge in [0.05, 0.1) is 11.1 Å². The van der Waals surface area contributed by atoms with Crippen molar-refractivity contribution in [3.8, 4) is 0 Å². The molecule has 2 aliphatic rings. The maximum absolute atomic E-state index is 12.1. The second kappa shape index (κ2) is 6.92. The third kappa shape index (κ3) is 3.40. The van der Waals surface area contributed by atoms with Gasteiger partial charge < -0.3 is 14.8 Å². The molecule has 1 aromatic rings. The van der Waals surface area contributed by atoms with Crippen molar-refractivity contribution in [2.75, 3.05) is 0 Å². The molecule has 10 heteroatoms. The molecular weight excluding hydrogens is 348 g/mol. The minimum atomic E-state index is -1.22. The van der Waals surface area contributed by atoms with Crippen LogP contribution in [-0.2, 0) is 24.1 Å². The van der Waals surface area contributed by atoms with Crippen LogP contribution in [0.1, 0.15) is 46.4 Å². The number of carbonyl (C=O) groups is 5. The molecule has 2 saturated heterocycles. The molecule has 0 aliphatic carbocycles. The van der Waals surface area contributed by atoms with E-state index in [0.717, 1.165) is 6.07 Å². The lowest BCUT2D eigenvalue weighted by atomic mass is 10.1. The number of aliphatic hydroxyl groups is 1. The van der Waals surface area contributed by atoms with Crippen LogP contribution in [0.4, 0.5) is 0 Å². The minimum absolute atomic E-state index is 0.0370. The van der Waals surface area contributed by atoms with E-state index in [-0.39, 0.29) is 36.8 Å². The molecule has 10 nitrogen and oxygen atoms in total. The molecule has 3 rings (SSSR count). The Bertz CT molecular complexity index is 789. The number of imide groups is 1. The minimum Gasteiger partial charge on any atom is -0.370 e. The van der Waals surface area contributed by atoms with E-state index in [4.69, 9.17) is 9.68 Å². The van der Waals surface area contributed by atoms with Crippen LogP contribution in [0.5, 0.6) is 0 Å². The van der Waals surface area contributed by atoms with Gasteiger partial charge in [0.1, 0.15) is 0 Å². The number of hydrogen-bond donors (Lipinski definition) is 1. The van der Waals surface area contributed by atoms with Crippen molar-refractivity contribution in [3.05, 3.63) is 35.4 Å². The highest BCUT2D eigenvalue weighted by molar-refractivity contribution is 6.03. The van der Waals surface area contributed by atoms with Crippen LogP contribution in [0.25, 0.3) is 0 Å². The summed E-state index contributed by atoms with van der Waals surface area (Å²) in [5.74, 6) is -3.74. The third-order valence-corrected chi connectivity index (χ3v) is 3.83. The molecule has 2 heterocycles. The molecule has 26 heavy (non-hydrogen) atoms. The van der Waals surface area contributed by atoms with Crippen molar-refractivity contribution in [1.82, 2.24) is 10.1 Å². The fourth-order valence-corrected chi connectivity index (χ4v) is 2.47. The molecule has 1 N–H and O–H groups in total. The molecule has 0 spiro atoms. The van der Waals surface area contributed by atoms with Gasteiger partial charge in [-0.3, -0.25) is 14.4 Å². The van der Waals surface area contributed by atoms with Gasteiger partial charge in [0.2, 0.25) is 0 Å². The Hall–Kier alpha value is -3.27. The first-order valence-corrected chi connectivity index (χ1v) is 7.77. The first-order valence-electron chi connectivity index (χ1n) is 7.77. The van der Waals surface area contributed by atoms with Crippen molar-refractivity contribution in [2.24, 2.45) is 0 Å². The summed E-state index contributed by atoms with van der Waals surface area (Å²) in [5, 5.41) is 10.6. The average molecular weight is 362 g/mol. The first-order chi connectivity index (χ1) is 12.4. The summed E-state index contributed by atoms with van der Waals surface area (Å²) in [6.07, 6.45) is -1.09. The lowest BCUT2D eigenvalue weighted by Crippen LogP contribution is -2.35. The summed E-state index contributed by atoms with van der Waals surface area (Å²) in [5.41, 5.74) is -0.175. The number of nitrogens with zero attached hydrogens (tertiary/aromatic N) is 2. The van der Waals surface area contributed by atoms with Crippen LogP contribution in [-0.4, -0.2) is 51.1 Å². The molecule has 0 saturated carbocycles. The van der Waals surface area contributed by atoms with Crippen molar-refractivity contribution < 1.29 is 38.8 Å². The van der Waals surface area contributed by atoms with Gasteiger partial charge in [-0.25, -0.2) is 9.59 Å². The van der Waals surface area contributed by atoms with Crippen LogP contribution in [0.15, 0.2) is 24.3 Å². The average Bonchev–Trinajstić information content (AvgIpc) is 3.11. The van der Waals surface area contributed by atoms with Crippen molar-refractivity contribution >= 4 is 29.7 Å². The SMILES string of the molecule is O=C(ON1C(=O)CCC1=O)c1cccc(C(=O)ON2C(=O)CCC2O)c1. The van der Waals surface area contributed by atoms with Gasteiger partial charge in [0.25, 0.3) is 17.7 Å². The normalized spacial score (nSPS) is 19.9. The predicted octanol–water partition coefficient (Wildman–Crippen LogP) is -0.0800. The monoisotopic (exact) mass is 362 g/mol. The second-order valence-corrected chi connectivity index (χ2v) is 5.66. The maximum atomic E-state index is 12.1. The van der Waals surface area contributed by atoms with E-state index >= 15 is 0 Å². The number of aliphatic hydroxyl groups excluding tert-OH is 1. The summed E-state index contributed by atoms with van der Waals surface area (Å²) in [7, 11) is 0. The molecule has 0 aromatic heterocycles. The number of benzene rings is 1. The van der Waals surface area contributed by atoms with Gasteiger partial charge in [-0.15, -0.1) is 10.1 Å². The van der Waals surface area contributed by atoms with E-state index in [9.17, 15) is 29.1 Å². The highest BCUT2D eigenvalue weighted by Gasteiger charge is 2.34. The van der Waals surface area contributed by atoms with Gasteiger partial charge in [-0.05, 0) is 18.2 Å². The Balaban J connectivity index is 1.70. The number of carbonyl (C=O) groups excluding carboxylic acids is 5. The Morgan fingerprint density at radius 3 is 2.04 bits per heavy atom. The van der Waals surface area contributed by atoms with Crippen LogP contribution >= 0.6 is 0 Å². The van der Waals surface area contributed by atoms with E-state index in [1.807, 2.05) is 0 Å². The van der Waals surface area contributed by atoms with E-state index in [1.165, 1.54) is 18.2 Å². The lowest BCUT2D eigenvalue weighted by Gasteiger charge is -2.18. The Labute approximate surface area is 146 Å². The summed E-state index contributed by atoms with van der Waals surface area (Å²) in [4.78, 5) is 68.3. The smallest absolute Gasteiger partial charge is 0.363 e. The van der Waals surface area contributed by atoms with Crippen LogP contribution in [0.2, 0.25) is 0 Å². The number of rotatable bonds is 4. The Morgan fingerprint density at radius 2 is 1.50 bits per heavy atom. The van der Waals surface area contributed by atoms with Gasteiger partial charge in [-0.1, -0.05) is 6.07 Å². The van der Waals surface area contributed by atoms with Crippen LogP contribution in [0, 0.1) is 0 Å². The molecule has 2 aliphatic heterocycles. The Morgan fingerprint density at radius 1 is 0.923 bits per heavy atom. The maximum Gasteiger partial charge on any atom is 0.363 e. The first kappa shape index (κ1) is 17.5. The molecule has 0 bridgehead atoms. The zero-order valence-corrected chi connectivity index (χ0v) is 13.4. The summed E-state index contributed by atoms with van der Waals surface area (Å²) >= 11 is 0. The molecule has 3 amide bonds. The molecule has 136 valence electrons. The van der Waals surface area contributed by atoms with Crippen molar-refractivity contribution in [1.29, 1.82) is 0 Å². The van der Waals surface area contributed by atoms with E-state index in [1.54, 1.807) is 0 Å². The number of hydrogen-bond acceptors (Lipinski definition) is 8. The topological polar surface area (TPSA) is 131 Å². The number of hydroxylamine groups is 4. The van der Waals surface area contributed by atoms with Crippen molar-refractivity contribution in [2.45, 2.75) is 31.9 Å². The van der Waals surface area contributed by atoms with Gasteiger partial charge in [0.15, 0.2) is 6.23 Å². The van der Waals surface area contributed by atoms with Crippen molar-refractivity contribution in [3.63, 3.8) is 0 Å². The van der Waals surface area contributed by atoms with Gasteiger partial charge in [-0.2, -0.15) is 0 Å². The largest absolute Gasteiger partial charge is 0.370 e. The lowest BCUT2D eigenvalue weighted by molar-refractivity contribution is -0.191. The molecule has 1 aromatic carbocycles. The van der Waals surface area contributed by atoms with E-state index < -0.39 is 35.9 Å². The molecule has 2 fully saturated rings. The van der Waals surface area contributed by atoms with Crippen LogP contribution in [0.3, 0.4) is 0 Å². The predicted molar refractivity (Wildman–Crippen MR) is 80.4 cm³/mol.